The third kappa shape index (κ3) is 2.80. The van der Waals surface area contributed by atoms with E-state index in [1.54, 1.807) is 0 Å². The van der Waals surface area contributed by atoms with Crippen LogP contribution in [0.25, 0.3) is 0 Å². The highest BCUT2D eigenvalue weighted by Gasteiger charge is 2.20. The second-order valence-electron chi connectivity index (χ2n) is 2.52. The van der Waals surface area contributed by atoms with Crippen molar-refractivity contribution in [3.63, 3.8) is 0 Å². The first-order valence-corrected chi connectivity index (χ1v) is 3.14. The Hall–Kier alpha value is -0.610. The highest BCUT2D eigenvalue weighted by Crippen LogP contribution is 2.10. The topological polar surface area (TPSA) is 72.5 Å². The van der Waals surface area contributed by atoms with Crippen LogP contribution in [0.2, 0.25) is 0 Å². The first-order valence-electron chi connectivity index (χ1n) is 3.14. The molecule has 0 saturated heterocycles. The Morgan fingerprint density at radius 3 is 2.30 bits per heavy atom. The number of hydrogen-bond acceptors (Lipinski definition) is 3. The Morgan fingerprint density at radius 1 is 1.70 bits per heavy atom. The first kappa shape index (κ1) is 9.39. The van der Waals surface area contributed by atoms with Gasteiger partial charge in [-0.2, -0.15) is 0 Å². The fourth-order valence-corrected chi connectivity index (χ4v) is 0.653. The van der Waals surface area contributed by atoms with Gasteiger partial charge in [0.05, 0.1) is 12.5 Å². The molecule has 60 valence electrons. The van der Waals surface area contributed by atoms with E-state index in [0.29, 0.717) is 0 Å². The molecule has 0 rings (SSSR count). The van der Waals surface area contributed by atoms with Crippen LogP contribution in [-0.2, 0) is 9.63 Å². The third-order valence-corrected chi connectivity index (χ3v) is 1.40. The van der Waals surface area contributed by atoms with Crippen LogP contribution in [0.5, 0.6) is 0 Å². The van der Waals surface area contributed by atoms with Crippen molar-refractivity contribution < 1.29 is 14.7 Å². The van der Waals surface area contributed by atoms with Crippen LogP contribution in [0, 0.1) is 11.8 Å². The quantitative estimate of drug-likeness (QED) is 0.558. The minimum Gasteiger partial charge on any atom is -0.481 e. The Balaban J connectivity index is 3.85. The SMILES string of the molecule is CC(C)C(CON)C(=O)O. The lowest BCUT2D eigenvalue weighted by molar-refractivity contribution is -0.145. The van der Waals surface area contributed by atoms with Gasteiger partial charge in [0.25, 0.3) is 0 Å². The molecule has 10 heavy (non-hydrogen) atoms. The summed E-state index contributed by atoms with van der Waals surface area (Å²) in [6, 6.07) is 0. The fourth-order valence-electron chi connectivity index (χ4n) is 0.653. The lowest BCUT2D eigenvalue weighted by Crippen LogP contribution is -2.26. The Bertz CT molecular complexity index is 114. The van der Waals surface area contributed by atoms with Gasteiger partial charge in [0.2, 0.25) is 0 Å². The molecule has 0 aromatic rings. The second kappa shape index (κ2) is 4.24. The van der Waals surface area contributed by atoms with E-state index in [2.05, 4.69) is 4.84 Å². The molecule has 0 aromatic carbocycles. The van der Waals surface area contributed by atoms with Gasteiger partial charge >= 0.3 is 5.97 Å². The van der Waals surface area contributed by atoms with Gasteiger partial charge in [-0.15, -0.1) is 0 Å². The van der Waals surface area contributed by atoms with E-state index in [4.69, 9.17) is 11.0 Å². The van der Waals surface area contributed by atoms with Crippen molar-refractivity contribution >= 4 is 5.97 Å². The van der Waals surface area contributed by atoms with Crippen molar-refractivity contribution in [3.05, 3.63) is 0 Å². The van der Waals surface area contributed by atoms with Gasteiger partial charge in [-0.25, -0.2) is 5.90 Å². The number of hydrogen-bond donors (Lipinski definition) is 2. The van der Waals surface area contributed by atoms with Gasteiger partial charge in [-0.1, -0.05) is 13.8 Å². The van der Waals surface area contributed by atoms with Crippen molar-refractivity contribution in [1.29, 1.82) is 0 Å². The molecule has 0 aliphatic carbocycles. The van der Waals surface area contributed by atoms with E-state index in [-0.39, 0.29) is 12.5 Å². The minimum atomic E-state index is -0.861. The van der Waals surface area contributed by atoms with Crippen LogP contribution in [0.4, 0.5) is 0 Å². The van der Waals surface area contributed by atoms with Gasteiger partial charge in [0.15, 0.2) is 0 Å². The number of carbonyl (C=O) groups is 1. The van der Waals surface area contributed by atoms with Gasteiger partial charge in [0, 0.05) is 0 Å². The highest BCUT2D eigenvalue weighted by atomic mass is 16.6. The molecule has 0 heterocycles. The van der Waals surface area contributed by atoms with E-state index in [1.807, 2.05) is 13.8 Å². The molecule has 4 nitrogen and oxygen atoms in total. The minimum absolute atomic E-state index is 0.0565. The molecule has 3 N–H and O–H groups in total. The molecule has 0 aliphatic heterocycles. The van der Waals surface area contributed by atoms with Crippen molar-refractivity contribution in [2.45, 2.75) is 13.8 Å². The molecule has 0 fully saturated rings. The average Bonchev–Trinajstić information content (AvgIpc) is 1.81. The van der Waals surface area contributed by atoms with Crippen molar-refractivity contribution in [1.82, 2.24) is 0 Å². The van der Waals surface area contributed by atoms with E-state index in [1.165, 1.54) is 0 Å². The van der Waals surface area contributed by atoms with Crippen LogP contribution < -0.4 is 5.90 Å². The molecule has 0 saturated carbocycles. The monoisotopic (exact) mass is 147 g/mol. The van der Waals surface area contributed by atoms with Gasteiger partial charge in [0.1, 0.15) is 0 Å². The van der Waals surface area contributed by atoms with Gasteiger partial charge < -0.3 is 9.94 Å². The molecule has 0 spiro atoms. The zero-order valence-electron chi connectivity index (χ0n) is 6.20. The summed E-state index contributed by atoms with van der Waals surface area (Å²) in [6.45, 7) is 3.71. The summed E-state index contributed by atoms with van der Waals surface area (Å²) in [4.78, 5) is 14.6. The molecular weight excluding hydrogens is 134 g/mol. The predicted molar refractivity (Wildman–Crippen MR) is 36.1 cm³/mol. The van der Waals surface area contributed by atoms with E-state index >= 15 is 0 Å². The maximum atomic E-state index is 10.4. The normalized spacial score (nSPS) is 13.6. The number of rotatable bonds is 4. The molecule has 0 amide bonds. The summed E-state index contributed by atoms with van der Waals surface area (Å²) in [6.07, 6.45) is 0. The Kier molecular flexibility index (Phi) is 3.99. The van der Waals surface area contributed by atoms with E-state index < -0.39 is 11.9 Å². The predicted octanol–water partition coefficient (Wildman–Crippen LogP) is 0.233. The lowest BCUT2D eigenvalue weighted by Gasteiger charge is -2.13. The Labute approximate surface area is 59.9 Å². The van der Waals surface area contributed by atoms with Crippen LogP contribution in [0.1, 0.15) is 13.8 Å². The number of carboxylic acid groups (broad SMARTS) is 1. The zero-order valence-corrected chi connectivity index (χ0v) is 6.20. The largest absolute Gasteiger partial charge is 0.481 e. The van der Waals surface area contributed by atoms with Crippen LogP contribution in [-0.4, -0.2) is 17.7 Å². The number of carboxylic acids is 1. The van der Waals surface area contributed by atoms with Crippen LogP contribution >= 0.6 is 0 Å². The number of nitrogens with two attached hydrogens (primary N) is 1. The summed E-state index contributed by atoms with van der Waals surface area (Å²) >= 11 is 0. The maximum absolute atomic E-state index is 10.4. The summed E-state index contributed by atoms with van der Waals surface area (Å²) in [5.74, 6) is 3.44. The van der Waals surface area contributed by atoms with Gasteiger partial charge in [-0.3, -0.25) is 4.79 Å². The summed E-state index contributed by atoms with van der Waals surface area (Å²) in [7, 11) is 0. The third-order valence-electron chi connectivity index (χ3n) is 1.40. The molecular formula is C6H13NO3. The van der Waals surface area contributed by atoms with Crippen molar-refractivity contribution in [3.8, 4) is 0 Å². The molecule has 0 bridgehead atoms. The van der Waals surface area contributed by atoms with E-state index in [0.717, 1.165) is 0 Å². The molecule has 0 aromatic heterocycles. The molecule has 4 heteroatoms. The van der Waals surface area contributed by atoms with Crippen LogP contribution in [0.15, 0.2) is 0 Å². The Morgan fingerprint density at radius 2 is 2.20 bits per heavy atom. The summed E-state index contributed by atoms with van der Waals surface area (Å²) in [5, 5.41) is 8.54. The zero-order chi connectivity index (χ0) is 8.15. The van der Waals surface area contributed by atoms with Gasteiger partial charge in [-0.05, 0) is 5.92 Å². The maximum Gasteiger partial charge on any atom is 0.309 e. The van der Waals surface area contributed by atoms with E-state index in [9.17, 15) is 4.79 Å². The van der Waals surface area contributed by atoms with Crippen molar-refractivity contribution in [2.24, 2.45) is 17.7 Å². The lowest BCUT2D eigenvalue weighted by atomic mass is 9.97. The average molecular weight is 147 g/mol. The molecule has 1 atom stereocenters. The van der Waals surface area contributed by atoms with Crippen LogP contribution in [0.3, 0.4) is 0 Å². The summed E-state index contributed by atoms with van der Waals surface area (Å²) in [5.41, 5.74) is 0. The molecule has 1 unspecified atom stereocenters. The second-order valence-corrected chi connectivity index (χ2v) is 2.52. The first-order chi connectivity index (χ1) is 4.59. The van der Waals surface area contributed by atoms with Crippen molar-refractivity contribution in [2.75, 3.05) is 6.61 Å². The molecule has 0 aliphatic rings. The fraction of sp³-hybridized carbons (Fsp3) is 0.833. The smallest absolute Gasteiger partial charge is 0.309 e. The molecule has 0 radical (unpaired) electrons. The highest BCUT2D eigenvalue weighted by molar-refractivity contribution is 5.70. The standard InChI is InChI=1S/C6H13NO3/c1-4(2)5(3-10-7)6(8)9/h4-5H,3,7H2,1-2H3,(H,8,9). The summed E-state index contributed by atoms with van der Waals surface area (Å²) < 4.78 is 0. The number of aliphatic carboxylic acids is 1.